The molecule has 0 saturated heterocycles. The van der Waals surface area contributed by atoms with Crippen LogP contribution in [0.5, 0.6) is 0 Å². The van der Waals surface area contributed by atoms with Crippen LogP contribution in [0.2, 0.25) is 10.0 Å². The fourth-order valence-corrected chi connectivity index (χ4v) is 4.35. The summed E-state index contributed by atoms with van der Waals surface area (Å²) in [5, 5.41) is 12.0. The number of amides is 2. The van der Waals surface area contributed by atoms with E-state index in [1.165, 1.54) is 5.56 Å². The Kier molecular flexibility index (Phi) is 6.08. The van der Waals surface area contributed by atoms with Gasteiger partial charge in [-0.2, -0.15) is 5.10 Å². The summed E-state index contributed by atoms with van der Waals surface area (Å²) in [7, 11) is 0. The largest absolute Gasteiger partial charge is 0.332 e. The van der Waals surface area contributed by atoms with E-state index in [2.05, 4.69) is 23.6 Å². The van der Waals surface area contributed by atoms with Crippen molar-refractivity contribution in [2.24, 2.45) is 0 Å². The maximum absolute atomic E-state index is 12.4. The Labute approximate surface area is 192 Å². The molecule has 0 spiro atoms. The average Bonchev–Trinajstić information content (AvgIpc) is 3.29. The number of nitrogens with one attached hydrogen (secondary N) is 2. The Morgan fingerprint density at radius 1 is 1.06 bits per heavy atom. The molecule has 0 fully saturated rings. The zero-order valence-corrected chi connectivity index (χ0v) is 19.1. The molecule has 3 aromatic rings. The molecular weight excluding hydrogens is 431 g/mol. The third-order valence-corrected chi connectivity index (χ3v) is 6.28. The first-order valence-corrected chi connectivity index (χ1v) is 10.9. The molecule has 1 aromatic heterocycles. The van der Waals surface area contributed by atoms with Crippen molar-refractivity contribution in [2.45, 2.75) is 39.2 Å². The van der Waals surface area contributed by atoms with E-state index < -0.39 is 0 Å². The van der Waals surface area contributed by atoms with E-state index >= 15 is 0 Å². The molecule has 2 amide bonds. The van der Waals surface area contributed by atoms with Crippen LogP contribution in [0.25, 0.3) is 5.69 Å². The molecule has 2 aromatic carbocycles. The summed E-state index contributed by atoms with van der Waals surface area (Å²) >= 11 is 12.2. The van der Waals surface area contributed by atoms with E-state index in [1.54, 1.807) is 24.3 Å². The Balaban J connectivity index is 1.45. The number of allylic oxidation sites excluding steroid dienone is 1. The van der Waals surface area contributed by atoms with E-state index in [9.17, 15) is 4.79 Å². The van der Waals surface area contributed by atoms with Gasteiger partial charge >= 0.3 is 6.03 Å². The number of aromatic nitrogens is 2. The lowest BCUT2D eigenvalue weighted by Gasteiger charge is -2.15. The third-order valence-electron chi connectivity index (χ3n) is 5.62. The molecular formula is C24H24Cl2N4O. The van der Waals surface area contributed by atoms with Gasteiger partial charge in [0.25, 0.3) is 0 Å². The normalized spacial score (nSPS) is 17.7. The van der Waals surface area contributed by atoms with Crippen LogP contribution in [0.15, 0.2) is 54.6 Å². The zero-order valence-electron chi connectivity index (χ0n) is 17.6. The summed E-state index contributed by atoms with van der Waals surface area (Å²) in [6.07, 6.45) is 4.98. The van der Waals surface area contributed by atoms with E-state index in [4.69, 9.17) is 28.3 Å². The highest BCUT2D eigenvalue weighted by Crippen LogP contribution is 2.34. The molecule has 1 aliphatic rings. The van der Waals surface area contributed by atoms with Gasteiger partial charge in [0, 0.05) is 38.9 Å². The molecule has 0 radical (unpaired) electrons. The van der Waals surface area contributed by atoms with E-state index in [-0.39, 0.29) is 18.0 Å². The fourth-order valence-electron chi connectivity index (χ4n) is 4.05. The van der Waals surface area contributed by atoms with Crippen LogP contribution >= 0.6 is 23.2 Å². The second kappa shape index (κ2) is 8.77. The maximum Gasteiger partial charge on any atom is 0.319 e. The number of rotatable bonds is 4. The summed E-state index contributed by atoms with van der Waals surface area (Å²) in [6, 6.07) is 12.7. The number of carbonyl (C=O) groups is 1. The predicted octanol–water partition coefficient (Wildman–Crippen LogP) is 6.34. The number of halogens is 2. The van der Waals surface area contributed by atoms with Gasteiger partial charge in [0.15, 0.2) is 0 Å². The van der Waals surface area contributed by atoms with Crippen molar-refractivity contribution in [3.8, 4) is 5.69 Å². The highest BCUT2D eigenvalue weighted by Gasteiger charge is 2.27. The minimum absolute atomic E-state index is 0.0479. The third kappa shape index (κ3) is 4.63. The fraction of sp³-hybridized carbons (Fsp3) is 0.250. The summed E-state index contributed by atoms with van der Waals surface area (Å²) in [5.41, 5.74) is 5.94. The van der Waals surface area contributed by atoms with E-state index in [0.717, 1.165) is 34.1 Å². The van der Waals surface area contributed by atoms with Gasteiger partial charge < -0.3 is 10.6 Å². The minimum atomic E-state index is -0.240. The number of carbonyl (C=O) groups excluding carboxylic acids is 1. The monoisotopic (exact) mass is 454 g/mol. The molecule has 0 saturated carbocycles. The quantitative estimate of drug-likeness (QED) is 0.451. The van der Waals surface area contributed by atoms with Gasteiger partial charge in [-0.15, -0.1) is 0 Å². The lowest BCUT2D eigenvalue weighted by molar-refractivity contribution is 0.250. The Bertz CT molecular complexity index is 1150. The van der Waals surface area contributed by atoms with Gasteiger partial charge in [-0.25, -0.2) is 9.48 Å². The second-order valence-electron chi connectivity index (χ2n) is 7.87. The summed E-state index contributed by atoms with van der Waals surface area (Å²) in [4.78, 5) is 12.4. The molecule has 160 valence electrons. The molecule has 1 heterocycles. The van der Waals surface area contributed by atoms with Crippen LogP contribution < -0.4 is 10.6 Å². The molecule has 2 atom stereocenters. The van der Waals surface area contributed by atoms with Crippen LogP contribution in [0, 0.1) is 20.8 Å². The van der Waals surface area contributed by atoms with Crippen molar-refractivity contribution in [3.05, 3.63) is 87.2 Å². The summed E-state index contributed by atoms with van der Waals surface area (Å²) in [6.45, 7) is 6.08. The lowest BCUT2D eigenvalue weighted by Crippen LogP contribution is -2.36. The SMILES string of the molecule is Cc1ccc(-n2nc(C)c(C3C=CC(NC(=O)Nc4ccc(Cl)cc4)C3)c2C)cc1Cl. The molecule has 5 nitrogen and oxygen atoms in total. The van der Waals surface area contributed by atoms with Crippen molar-refractivity contribution in [1.82, 2.24) is 15.1 Å². The molecule has 4 rings (SSSR count). The first-order valence-electron chi connectivity index (χ1n) is 10.2. The summed E-state index contributed by atoms with van der Waals surface area (Å²) in [5.74, 6) is 0.190. The van der Waals surface area contributed by atoms with Crippen LogP contribution in [0.1, 0.15) is 34.9 Å². The number of anilines is 1. The van der Waals surface area contributed by atoms with Crippen molar-refractivity contribution in [1.29, 1.82) is 0 Å². The number of benzene rings is 2. The molecule has 0 aliphatic heterocycles. The number of aryl methyl sites for hydroxylation is 2. The van der Waals surface area contributed by atoms with Gasteiger partial charge in [-0.05, 0) is 69.2 Å². The van der Waals surface area contributed by atoms with E-state index in [1.807, 2.05) is 42.8 Å². The minimum Gasteiger partial charge on any atom is -0.332 e. The van der Waals surface area contributed by atoms with E-state index in [0.29, 0.717) is 10.7 Å². The highest BCUT2D eigenvalue weighted by atomic mass is 35.5. The van der Waals surface area contributed by atoms with Gasteiger partial charge in [0.2, 0.25) is 0 Å². The predicted molar refractivity (Wildman–Crippen MR) is 127 cm³/mol. The summed E-state index contributed by atoms with van der Waals surface area (Å²) < 4.78 is 1.94. The van der Waals surface area contributed by atoms with Crippen molar-refractivity contribution < 1.29 is 4.79 Å². The van der Waals surface area contributed by atoms with Gasteiger partial charge in [-0.3, -0.25) is 0 Å². The molecule has 1 aliphatic carbocycles. The molecule has 7 heteroatoms. The zero-order chi connectivity index (χ0) is 22.1. The number of urea groups is 1. The molecule has 2 unspecified atom stereocenters. The first-order chi connectivity index (χ1) is 14.8. The molecule has 31 heavy (non-hydrogen) atoms. The Morgan fingerprint density at radius 3 is 2.52 bits per heavy atom. The average molecular weight is 455 g/mol. The Morgan fingerprint density at radius 2 is 1.81 bits per heavy atom. The van der Waals surface area contributed by atoms with Crippen molar-refractivity contribution in [3.63, 3.8) is 0 Å². The number of hydrogen-bond acceptors (Lipinski definition) is 2. The van der Waals surface area contributed by atoms with Crippen molar-refractivity contribution in [2.75, 3.05) is 5.32 Å². The van der Waals surface area contributed by atoms with Gasteiger partial charge in [-0.1, -0.05) is 41.4 Å². The lowest BCUT2D eigenvalue weighted by atomic mass is 9.96. The second-order valence-corrected chi connectivity index (χ2v) is 8.71. The van der Waals surface area contributed by atoms with Crippen molar-refractivity contribution >= 4 is 34.9 Å². The van der Waals surface area contributed by atoms with Crippen LogP contribution in [-0.4, -0.2) is 21.9 Å². The standard InChI is InChI=1S/C24H24Cl2N4O/c1-14-4-11-21(13-22(14)26)30-16(3)23(15(2)29-30)17-5-8-20(12-17)28-24(31)27-19-9-6-18(25)7-10-19/h4-11,13,17,20H,12H2,1-3H3,(H2,27,28,31). The highest BCUT2D eigenvalue weighted by molar-refractivity contribution is 6.31. The molecule has 2 N–H and O–H groups in total. The van der Waals surface area contributed by atoms with Crippen LogP contribution in [0.4, 0.5) is 10.5 Å². The van der Waals surface area contributed by atoms with Crippen LogP contribution in [-0.2, 0) is 0 Å². The first kappa shape index (κ1) is 21.5. The Hall–Kier alpha value is -2.76. The van der Waals surface area contributed by atoms with Gasteiger partial charge in [0.1, 0.15) is 0 Å². The maximum atomic E-state index is 12.4. The topological polar surface area (TPSA) is 59.0 Å². The number of nitrogens with zero attached hydrogens (tertiary/aromatic N) is 2. The van der Waals surface area contributed by atoms with Crippen LogP contribution in [0.3, 0.4) is 0 Å². The smallest absolute Gasteiger partial charge is 0.319 e. The molecule has 0 bridgehead atoms. The van der Waals surface area contributed by atoms with Gasteiger partial charge in [0.05, 0.1) is 11.4 Å². The number of hydrogen-bond donors (Lipinski definition) is 2.